The van der Waals surface area contributed by atoms with Crippen LogP contribution in [0.2, 0.25) is 0 Å². The number of aliphatic imine (C=N–C) groups is 1. The lowest BCUT2D eigenvalue weighted by atomic mass is 10.0. The minimum absolute atomic E-state index is 1.00. The topological polar surface area (TPSA) is 20.5 Å². The van der Waals surface area contributed by atoms with Crippen molar-refractivity contribution >= 4 is 29.1 Å². The van der Waals surface area contributed by atoms with E-state index < -0.39 is 0 Å². The van der Waals surface area contributed by atoms with Crippen LogP contribution in [0, 0.1) is 13.8 Å². The van der Waals surface area contributed by atoms with Crippen LogP contribution in [0.5, 0.6) is 0 Å². The van der Waals surface area contributed by atoms with Crippen LogP contribution >= 0.6 is 11.9 Å². The number of fused-ring (bicyclic) bond motifs is 3. The molecule has 0 aliphatic carbocycles. The Kier molecular flexibility index (Phi) is 6.84. The van der Waals surface area contributed by atoms with E-state index in [1.807, 2.05) is 18.2 Å². The molecule has 2 aliphatic heterocycles. The number of hydrogen-bond donors (Lipinski definition) is 0. The third kappa shape index (κ3) is 5.18. The largest absolute Gasteiger partial charge is 0.344 e. The zero-order chi connectivity index (χ0) is 22.6. The maximum atomic E-state index is 4.65. The molecule has 0 unspecified atom stereocenters. The van der Waals surface area contributed by atoms with Gasteiger partial charge < -0.3 is 4.57 Å². The Morgan fingerprint density at radius 1 is 1.00 bits per heavy atom. The number of hydrogen-bond acceptors (Lipinski definition) is 3. The second-order valence-corrected chi connectivity index (χ2v) is 10.4. The van der Waals surface area contributed by atoms with E-state index in [4.69, 9.17) is 0 Å². The maximum absolute atomic E-state index is 4.65. The molecule has 2 aliphatic rings. The summed E-state index contributed by atoms with van der Waals surface area (Å²) in [6.45, 7) is 7.50. The molecular formula is C29H33N3S. The normalized spacial score (nSPS) is 20.0. The van der Waals surface area contributed by atoms with Gasteiger partial charge in [0.1, 0.15) is 0 Å². The van der Waals surface area contributed by atoms with Gasteiger partial charge in [0, 0.05) is 59.5 Å². The zero-order valence-electron chi connectivity index (χ0n) is 19.8. The third-order valence-electron chi connectivity index (χ3n) is 6.62. The molecule has 0 fully saturated rings. The lowest BCUT2D eigenvalue weighted by Gasteiger charge is -2.27. The summed E-state index contributed by atoms with van der Waals surface area (Å²) < 4.78 is 5.13. The van der Waals surface area contributed by atoms with Gasteiger partial charge >= 0.3 is 0 Å². The molecule has 0 amide bonds. The fraction of sp³-hybridized carbons (Fsp3) is 0.345. The molecule has 0 N–H and O–H groups in total. The molecule has 3 nitrogen and oxygen atoms in total. The Morgan fingerprint density at radius 2 is 1.85 bits per heavy atom. The highest BCUT2D eigenvalue weighted by Gasteiger charge is 2.24. The third-order valence-corrected chi connectivity index (χ3v) is 7.67. The monoisotopic (exact) mass is 455 g/mol. The van der Waals surface area contributed by atoms with Crippen molar-refractivity contribution in [3.05, 3.63) is 88.8 Å². The van der Waals surface area contributed by atoms with Crippen LogP contribution in [-0.2, 0) is 19.5 Å². The predicted molar refractivity (Wildman–Crippen MR) is 142 cm³/mol. The lowest BCUT2D eigenvalue weighted by Crippen LogP contribution is -2.25. The molecule has 33 heavy (non-hydrogen) atoms. The summed E-state index contributed by atoms with van der Waals surface area (Å²) in [7, 11) is 0. The van der Waals surface area contributed by atoms with E-state index in [2.05, 4.69) is 88.4 Å². The van der Waals surface area contributed by atoms with Crippen LogP contribution < -0.4 is 0 Å². The van der Waals surface area contributed by atoms with Gasteiger partial charge in [0.25, 0.3) is 0 Å². The molecule has 5 rings (SSSR count). The van der Waals surface area contributed by atoms with E-state index in [-0.39, 0.29) is 0 Å². The Morgan fingerprint density at radius 3 is 2.73 bits per heavy atom. The number of aryl methyl sites for hydroxylation is 3. The minimum Gasteiger partial charge on any atom is -0.344 e. The summed E-state index contributed by atoms with van der Waals surface area (Å²) in [6.07, 6.45) is 14.0. The molecule has 3 aromatic rings. The lowest BCUT2D eigenvalue weighted by molar-refractivity contribution is 0.433. The van der Waals surface area contributed by atoms with Crippen LogP contribution in [0.3, 0.4) is 0 Å². The van der Waals surface area contributed by atoms with Crippen molar-refractivity contribution in [1.82, 2.24) is 8.87 Å². The maximum Gasteiger partial charge on any atom is 0.0486 e. The van der Waals surface area contributed by atoms with Crippen LogP contribution in [0.15, 0.2) is 76.3 Å². The van der Waals surface area contributed by atoms with Crippen molar-refractivity contribution in [2.75, 3.05) is 6.54 Å². The van der Waals surface area contributed by atoms with Crippen LogP contribution in [-0.4, -0.2) is 21.6 Å². The molecule has 0 bridgehead atoms. The highest BCUT2D eigenvalue weighted by molar-refractivity contribution is 7.97. The second-order valence-electron chi connectivity index (χ2n) is 9.20. The van der Waals surface area contributed by atoms with E-state index in [1.165, 1.54) is 43.9 Å². The average molecular weight is 456 g/mol. The molecule has 0 atom stereocenters. The molecule has 1 aromatic heterocycles. The molecule has 0 radical (unpaired) electrons. The van der Waals surface area contributed by atoms with Crippen molar-refractivity contribution in [3.63, 3.8) is 0 Å². The summed E-state index contributed by atoms with van der Waals surface area (Å²) in [5, 5.41) is 1.44. The molecule has 2 aromatic carbocycles. The summed E-state index contributed by atoms with van der Waals surface area (Å²) >= 11 is 1.89. The Bertz CT molecular complexity index is 1210. The number of benzene rings is 2. The fourth-order valence-corrected chi connectivity index (χ4v) is 5.83. The minimum atomic E-state index is 1.00. The van der Waals surface area contributed by atoms with Gasteiger partial charge in [0.15, 0.2) is 0 Å². The summed E-state index contributed by atoms with van der Waals surface area (Å²) in [4.78, 5) is 5.98. The smallest absolute Gasteiger partial charge is 0.0486 e. The first-order valence-electron chi connectivity index (χ1n) is 12.2. The van der Waals surface area contributed by atoms with Crippen molar-refractivity contribution in [3.8, 4) is 0 Å². The van der Waals surface area contributed by atoms with E-state index in [0.717, 1.165) is 51.7 Å². The standard InChI is InChI=1S/C29H33N3S/c1-22-10-13-25(14-11-22)33-31-19-16-29-27(21-31)26-20-23(2)12-15-28(26)32(29)18-7-9-24-8-5-3-4-6-17-30-24/h4,6,8,10-15,17,20H,3,5,7,9,16,18-19,21H2,1-2H3/b6-4-,24-8-,30-17+. The average Bonchev–Trinajstić information content (AvgIpc) is 3.09. The SMILES string of the molecule is Cc1ccc(SN2CCc3c(c4cc(C)ccc4n3CCCC3=C\CC\C=C/C=N/3)C2)cc1. The number of allylic oxidation sites excluding steroid dienone is 4. The number of rotatable bonds is 6. The van der Waals surface area contributed by atoms with Crippen molar-refractivity contribution in [2.45, 2.75) is 63.9 Å². The van der Waals surface area contributed by atoms with Gasteiger partial charge in [-0.1, -0.05) is 41.5 Å². The van der Waals surface area contributed by atoms with Gasteiger partial charge in [-0.3, -0.25) is 4.99 Å². The van der Waals surface area contributed by atoms with Crippen molar-refractivity contribution in [2.24, 2.45) is 4.99 Å². The van der Waals surface area contributed by atoms with E-state index >= 15 is 0 Å². The molecule has 170 valence electrons. The fourth-order valence-electron chi connectivity index (χ4n) is 4.90. The predicted octanol–water partition coefficient (Wildman–Crippen LogP) is 7.41. The zero-order valence-corrected chi connectivity index (χ0v) is 20.6. The summed E-state index contributed by atoms with van der Waals surface area (Å²) in [5.41, 5.74) is 8.35. The van der Waals surface area contributed by atoms with E-state index in [1.54, 1.807) is 0 Å². The summed E-state index contributed by atoms with van der Waals surface area (Å²) in [6, 6.07) is 15.9. The second kappa shape index (κ2) is 10.1. The molecular weight excluding hydrogens is 422 g/mol. The van der Waals surface area contributed by atoms with Gasteiger partial charge in [-0.2, -0.15) is 0 Å². The molecule has 3 heterocycles. The van der Waals surface area contributed by atoms with Crippen LogP contribution in [0.25, 0.3) is 10.9 Å². The Hall–Kier alpha value is -2.56. The highest BCUT2D eigenvalue weighted by Crippen LogP contribution is 2.36. The van der Waals surface area contributed by atoms with E-state index in [0.29, 0.717) is 0 Å². The van der Waals surface area contributed by atoms with Gasteiger partial charge in [-0.05, 0) is 87.4 Å². The van der Waals surface area contributed by atoms with Crippen LogP contribution in [0.4, 0.5) is 0 Å². The first kappa shape index (κ1) is 22.2. The molecule has 4 heteroatoms. The van der Waals surface area contributed by atoms with Gasteiger partial charge in [0.2, 0.25) is 0 Å². The molecule has 0 spiro atoms. The molecule has 0 saturated carbocycles. The first-order valence-corrected chi connectivity index (χ1v) is 12.9. The Labute approximate surface area is 202 Å². The first-order chi connectivity index (χ1) is 16.2. The van der Waals surface area contributed by atoms with Crippen molar-refractivity contribution < 1.29 is 0 Å². The van der Waals surface area contributed by atoms with E-state index in [9.17, 15) is 0 Å². The van der Waals surface area contributed by atoms with Crippen molar-refractivity contribution in [1.29, 1.82) is 0 Å². The van der Waals surface area contributed by atoms with Gasteiger partial charge in [0.05, 0.1) is 0 Å². The van der Waals surface area contributed by atoms with Gasteiger partial charge in [-0.15, -0.1) is 0 Å². The summed E-state index contributed by atoms with van der Waals surface area (Å²) in [5.74, 6) is 0. The molecule has 0 saturated heterocycles. The van der Waals surface area contributed by atoms with Crippen LogP contribution in [0.1, 0.15) is 48.1 Å². The number of aromatic nitrogens is 1. The highest BCUT2D eigenvalue weighted by atomic mass is 32.2. The number of nitrogens with zero attached hydrogens (tertiary/aromatic N) is 3. The Balaban J connectivity index is 1.36. The quantitative estimate of drug-likeness (QED) is 0.361. The van der Waals surface area contributed by atoms with Gasteiger partial charge in [-0.25, -0.2) is 4.31 Å².